The number of allylic oxidation sites excluding steroid dienone is 3. The van der Waals surface area contributed by atoms with Crippen molar-refractivity contribution in [3.63, 3.8) is 0 Å². The van der Waals surface area contributed by atoms with Gasteiger partial charge < -0.3 is 0 Å². The third-order valence-corrected chi connectivity index (χ3v) is 3.36. The lowest BCUT2D eigenvalue weighted by Crippen LogP contribution is -1.89. The first kappa shape index (κ1) is 10.5. The molecular formula is C13H15NS. The first-order valence-electron chi connectivity index (χ1n) is 5.24. The number of nitrogens with zero attached hydrogens (tertiary/aromatic N) is 1. The normalized spacial score (nSPS) is 15.1. The lowest BCUT2D eigenvalue weighted by molar-refractivity contribution is 1.02. The standard InChI is InChI=1S/C13H15NS/c1-11-7-13(9-14-8-11)15-10-12-5-3-2-4-6-12/h3,5-9H,2,4,10H2,1H3. The van der Waals surface area contributed by atoms with Crippen LogP contribution in [0.3, 0.4) is 0 Å². The van der Waals surface area contributed by atoms with E-state index in [1.165, 1.54) is 28.9 Å². The maximum Gasteiger partial charge on any atom is 0.0404 e. The Labute approximate surface area is 95.3 Å². The van der Waals surface area contributed by atoms with Crippen molar-refractivity contribution in [2.24, 2.45) is 0 Å². The molecule has 0 unspecified atom stereocenters. The Balaban J connectivity index is 1.93. The van der Waals surface area contributed by atoms with Crippen molar-refractivity contribution in [1.82, 2.24) is 4.98 Å². The van der Waals surface area contributed by atoms with Crippen molar-refractivity contribution < 1.29 is 0 Å². The molecule has 1 aromatic rings. The predicted octanol–water partition coefficient (Wildman–Crippen LogP) is 3.76. The fraction of sp³-hybridized carbons (Fsp3) is 0.308. The highest BCUT2D eigenvalue weighted by molar-refractivity contribution is 7.99. The Morgan fingerprint density at radius 3 is 3.00 bits per heavy atom. The number of hydrogen-bond acceptors (Lipinski definition) is 2. The number of aromatic nitrogens is 1. The molecule has 0 aliphatic heterocycles. The number of hydrogen-bond donors (Lipinski definition) is 0. The first-order chi connectivity index (χ1) is 7.34. The number of rotatable bonds is 3. The molecule has 1 aromatic heterocycles. The Morgan fingerprint density at radius 1 is 1.33 bits per heavy atom. The molecule has 1 nitrogen and oxygen atoms in total. The van der Waals surface area contributed by atoms with Gasteiger partial charge in [-0.15, -0.1) is 11.8 Å². The molecular weight excluding hydrogens is 202 g/mol. The zero-order valence-electron chi connectivity index (χ0n) is 8.94. The summed E-state index contributed by atoms with van der Waals surface area (Å²) in [5.74, 6) is 1.06. The van der Waals surface area contributed by atoms with Gasteiger partial charge >= 0.3 is 0 Å². The topological polar surface area (TPSA) is 12.9 Å². The van der Waals surface area contributed by atoms with Crippen molar-refractivity contribution in [1.29, 1.82) is 0 Å². The molecule has 0 atom stereocenters. The van der Waals surface area contributed by atoms with E-state index in [9.17, 15) is 0 Å². The van der Waals surface area contributed by atoms with Crippen LogP contribution in [0.25, 0.3) is 0 Å². The summed E-state index contributed by atoms with van der Waals surface area (Å²) in [4.78, 5) is 5.45. The van der Waals surface area contributed by atoms with Gasteiger partial charge in [0, 0.05) is 23.0 Å². The number of thioether (sulfide) groups is 1. The first-order valence-corrected chi connectivity index (χ1v) is 6.23. The third-order valence-electron chi connectivity index (χ3n) is 2.33. The van der Waals surface area contributed by atoms with Crippen LogP contribution < -0.4 is 0 Å². The van der Waals surface area contributed by atoms with Gasteiger partial charge in [0.15, 0.2) is 0 Å². The smallest absolute Gasteiger partial charge is 0.0404 e. The van der Waals surface area contributed by atoms with Gasteiger partial charge in [-0.05, 0) is 37.0 Å². The molecule has 0 bridgehead atoms. The van der Waals surface area contributed by atoms with Crippen molar-refractivity contribution >= 4 is 11.8 Å². The summed E-state index contributed by atoms with van der Waals surface area (Å²) in [7, 11) is 0. The highest BCUT2D eigenvalue weighted by Gasteiger charge is 1.99. The van der Waals surface area contributed by atoms with Gasteiger partial charge in [0.25, 0.3) is 0 Å². The average Bonchev–Trinajstić information content (AvgIpc) is 2.28. The predicted molar refractivity (Wildman–Crippen MR) is 66.2 cm³/mol. The molecule has 2 heteroatoms. The second-order valence-electron chi connectivity index (χ2n) is 3.75. The quantitative estimate of drug-likeness (QED) is 0.715. The minimum Gasteiger partial charge on any atom is -0.263 e. The molecule has 0 amide bonds. The molecule has 15 heavy (non-hydrogen) atoms. The van der Waals surface area contributed by atoms with Gasteiger partial charge in [0.05, 0.1) is 0 Å². The van der Waals surface area contributed by atoms with E-state index < -0.39 is 0 Å². The van der Waals surface area contributed by atoms with Crippen LogP contribution in [0.15, 0.2) is 47.2 Å². The Hall–Kier alpha value is -1.02. The van der Waals surface area contributed by atoms with E-state index in [4.69, 9.17) is 0 Å². The summed E-state index contributed by atoms with van der Waals surface area (Å²) < 4.78 is 0. The van der Waals surface area contributed by atoms with Gasteiger partial charge in [0.1, 0.15) is 0 Å². The van der Waals surface area contributed by atoms with E-state index in [1.807, 2.05) is 24.2 Å². The molecule has 1 aliphatic carbocycles. The summed E-state index contributed by atoms with van der Waals surface area (Å²) in [5.41, 5.74) is 2.67. The van der Waals surface area contributed by atoms with Crippen LogP contribution in [0.2, 0.25) is 0 Å². The van der Waals surface area contributed by atoms with E-state index in [1.54, 1.807) is 0 Å². The Kier molecular flexibility index (Phi) is 3.62. The minimum absolute atomic E-state index is 1.06. The van der Waals surface area contributed by atoms with Crippen molar-refractivity contribution in [2.75, 3.05) is 5.75 Å². The summed E-state index contributed by atoms with van der Waals surface area (Å²) in [6.45, 7) is 2.08. The third kappa shape index (κ3) is 3.24. The molecule has 0 spiro atoms. The molecule has 0 N–H and O–H groups in total. The molecule has 1 heterocycles. The summed E-state index contributed by atoms with van der Waals surface area (Å²) >= 11 is 1.86. The van der Waals surface area contributed by atoms with Gasteiger partial charge in [0.2, 0.25) is 0 Å². The average molecular weight is 217 g/mol. The van der Waals surface area contributed by atoms with Crippen LogP contribution in [0, 0.1) is 6.92 Å². The fourth-order valence-corrected chi connectivity index (χ4v) is 2.50. The summed E-state index contributed by atoms with van der Waals surface area (Å²) in [6, 6.07) is 2.19. The molecule has 2 rings (SSSR count). The van der Waals surface area contributed by atoms with Crippen LogP contribution in [0.5, 0.6) is 0 Å². The van der Waals surface area contributed by atoms with Crippen LogP contribution >= 0.6 is 11.8 Å². The number of pyridine rings is 1. The zero-order valence-corrected chi connectivity index (χ0v) is 9.76. The van der Waals surface area contributed by atoms with Gasteiger partial charge in [-0.3, -0.25) is 4.98 Å². The van der Waals surface area contributed by atoms with E-state index in [0.29, 0.717) is 0 Å². The van der Waals surface area contributed by atoms with Crippen molar-refractivity contribution in [3.05, 3.63) is 47.8 Å². The van der Waals surface area contributed by atoms with Crippen LogP contribution in [-0.4, -0.2) is 10.7 Å². The van der Waals surface area contributed by atoms with Crippen LogP contribution in [-0.2, 0) is 0 Å². The lowest BCUT2D eigenvalue weighted by Gasteiger charge is -2.06. The SMILES string of the molecule is Cc1cncc(SCC2=CCCC=C2)c1. The van der Waals surface area contributed by atoms with E-state index in [2.05, 4.69) is 36.2 Å². The Bertz CT molecular complexity index is 393. The number of aryl methyl sites for hydroxylation is 1. The molecule has 0 saturated heterocycles. The maximum absolute atomic E-state index is 4.19. The van der Waals surface area contributed by atoms with Crippen molar-refractivity contribution in [2.45, 2.75) is 24.7 Å². The summed E-state index contributed by atoms with van der Waals surface area (Å²) in [5, 5.41) is 0. The lowest BCUT2D eigenvalue weighted by atomic mass is 10.1. The van der Waals surface area contributed by atoms with Crippen LogP contribution in [0.1, 0.15) is 18.4 Å². The molecule has 0 saturated carbocycles. The van der Waals surface area contributed by atoms with Gasteiger partial charge in [-0.25, -0.2) is 0 Å². The second kappa shape index (κ2) is 5.17. The fourth-order valence-electron chi connectivity index (χ4n) is 1.55. The monoisotopic (exact) mass is 217 g/mol. The van der Waals surface area contributed by atoms with Gasteiger partial charge in [-0.2, -0.15) is 0 Å². The van der Waals surface area contributed by atoms with Crippen molar-refractivity contribution in [3.8, 4) is 0 Å². The van der Waals surface area contributed by atoms with E-state index in [0.717, 1.165) is 5.75 Å². The highest BCUT2D eigenvalue weighted by Crippen LogP contribution is 2.22. The zero-order chi connectivity index (χ0) is 10.5. The van der Waals surface area contributed by atoms with E-state index in [-0.39, 0.29) is 0 Å². The largest absolute Gasteiger partial charge is 0.263 e. The molecule has 0 fully saturated rings. The van der Waals surface area contributed by atoms with Crippen LogP contribution in [0.4, 0.5) is 0 Å². The molecule has 1 aliphatic rings. The molecule has 78 valence electrons. The van der Waals surface area contributed by atoms with Gasteiger partial charge in [-0.1, -0.05) is 18.2 Å². The highest BCUT2D eigenvalue weighted by atomic mass is 32.2. The molecule has 0 aromatic carbocycles. The van der Waals surface area contributed by atoms with E-state index >= 15 is 0 Å². The second-order valence-corrected chi connectivity index (χ2v) is 4.79. The summed E-state index contributed by atoms with van der Waals surface area (Å²) in [6.07, 6.45) is 13.0. The molecule has 0 radical (unpaired) electrons. The minimum atomic E-state index is 1.06. The maximum atomic E-state index is 4.19. The Morgan fingerprint density at radius 2 is 2.27 bits per heavy atom.